The van der Waals surface area contributed by atoms with E-state index in [1.807, 2.05) is 6.92 Å². The van der Waals surface area contributed by atoms with Gasteiger partial charge in [0, 0.05) is 5.56 Å². The molecule has 7 nitrogen and oxygen atoms in total. The molecule has 0 aliphatic carbocycles. The first kappa shape index (κ1) is 13.6. The van der Waals surface area contributed by atoms with Gasteiger partial charge in [-0.1, -0.05) is 29.8 Å². The molecule has 2 rings (SSSR count). The summed E-state index contributed by atoms with van der Waals surface area (Å²) in [5.41, 5.74) is 0.419. The molecule has 0 unspecified atom stereocenters. The number of aryl methyl sites for hydroxylation is 1. The maximum absolute atomic E-state index is 12.0. The molecule has 2 aromatic rings. The van der Waals surface area contributed by atoms with Crippen LogP contribution < -0.4 is 5.69 Å². The predicted octanol–water partition coefficient (Wildman–Crippen LogP) is 1.34. The van der Waals surface area contributed by atoms with E-state index in [0.717, 1.165) is 22.5 Å². The highest BCUT2D eigenvalue weighted by Gasteiger charge is 2.12. The minimum absolute atomic E-state index is 0.281. The van der Waals surface area contributed by atoms with Crippen LogP contribution >= 0.6 is 0 Å². The van der Waals surface area contributed by atoms with E-state index in [1.165, 1.54) is 0 Å². The Morgan fingerprint density at radius 3 is 2.60 bits per heavy atom. The summed E-state index contributed by atoms with van der Waals surface area (Å²) >= 11 is 0. The Labute approximate surface area is 113 Å². The Bertz CT molecular complexity index is 719. The maximum Gasteiger partial charge on any atom is 0.348 e. The topological polar surface area (TPSA) is 95.1 Å². The van der Waals surface area contributed by atoms with Crippen molar-refractivity contribution in [2.75, 3.05) is 0 Å². The Hall–Kier alpha value is -2.83. The zero-order valence-electron chi connectivity index (χ0n) is 10.6. The van der Waals surface area contributed by atoms with E-state index in [0.29, 0.717) is 5.56 Å². The molecule has 0 fully saturated rings. The molecule has 1 heterocycles. The van der Waals surface area contributed by atoms with E-state index in [9.17, 15) is 19.7 Å². The van der Waals surface area contributed by atoms with E-state index in [1.54, 1.807) is 24.3 Å². The first-order chi connectivity index (χ1) is 9.47. The van der Waals surface area contributed by atoms with Gasteiger partial charge < -0.3 is 0 Å². The van der Waals surface area contributed by atoms with Crippen molar-refractivity contribution >= 4 is 11.5 Å². The van der Waals surface area contributed by atoms with Gasteiger partial charge in [0.1, 0.15) is 6.20 Å². The number of hydrogen-bond acceptors (Lipinski definition) is 5. The minimum atomic E-state index is -0.698. The average Bonchev–Trinajstić information content (AvgIpc) is 2.41. The van der Waals surface area contributed by atoms with Gasteiger partial charge in [-0.05, 0) is 6.92 Å². The van der Waals surface area contributed by atoms with Crippen molar-refractivity contribution in [1.82, 2.24) is 9.55 Å². The number of nitro groups is 1. The van der Waals surface area contributed by atoms with Crippen molar-refractivity contribution in [3.8, 4) is 0 Å². The second kappa shape index (κ2) is 5.43. The molecule has 0 aliphatic rings. The van der Waals surface area contributed by atoms with Crippen LogP contribution in [0.3, 0.4) is 0 Å². The standard InChI is InChI=1S/C13H11N3O4/c1-9-2-4-10(5-3-9)12(17)8-15-7-11(16(19)20)6-14-13(15)18/h2-7H,8H2,1H3. The van der Waals surface area contributed by atoms with E-state index in [4.69, 9.17) is 0 Å². The van der Waals surface area contributed by atoms with Crippen LogP contribution in [0.4, 0.5) is 5.69 Å². The fraction of sp³-hybridized carbons (Fsp3) is 0.154. The number of rotatable bonds is 4. The molecule has 0 N–H and O–H groups in total. The molecular formula is C13H11N3O4. The zero-order valence-corrected chi connectivity index (χ0v) is 10.6. The third kappa shape index (κ3) is 2.94. The van der Waals surface area contributed by atoms with Gasteiger partial charge >= 0.3 is 11.4 Å². The van der Waals surface area contributed by atoms with Crippen molar-refractivity contribution in [1.29, 1.82) is 0 Å². The number of hydrogen-bond donors (Lipinski definition) is 0. The van der Waals surface area contributed by atoms with Gasteiger partial charge in [0.25, 0.3) is 0 Å². The average molecular weight is 273 g/mol. The normalized spacial score (nSPS) is 10.2. The fourth-order valence-corrected chi connectivity index (χ4v) is 1.64. The predicted molar refractivity (Wildman–Crippen MR) is 70.7 cm³/mol. The smallest absolute Gasteiger partial charge is 0.292 e. The molecule has 1 aromatic heterocycles. The summed E-state index contributed by atoms with van der Waals surface area (Å²) in [7, 11) is 0. The summed E-state index contributed by atoms with van der Waals surface area (Å²) in [6.07, 6.45) is 1.89. The molecular weight excluding hydrogens is 262 g/mol. The third-order valence-corrected chi connectivity index (χ3v) is 2.74. The molecule has 0 saturated heterocycles. The molecule has 102 valence electrons. The Morgan fingerprint density at radius 2 is 2.00 bits per heavy atom. The molecule has 0 radical (unpaired) electrons. The third-order valence-electron chi connectivity index (χ3n) is 2.74. The van der Waals surface area contributed by atoms with Gasteiger partial charge in [-0.2, -0.15) is 4.98 Å². The van der Waals surface area contributed by atoms with Gasteiger partial charge in [-0.3, -0.25) is 19.5 Å². The molecule has 1 aromatic carbocycles. The summed E-state index contributed by atoms with van der Waals surface area (Å²) in [5, 5.41) is 10.6. The molecule has 0 saturated carbocycles. The van der Waals surface area contributed by atoms with Crippen LogP contribution in [0.15, 0.2) is 41.5 Å². The van der Waals surface area contributed by atoms with Crippen LogP contribution in [0.25, 0.3) is 0 Å². The maximum atomic E-state index is 12.0. The van der Waals surface area contributed by atoms with Crippen LogP contribution in [-0.4, -0.2) is 20.3 Å². The summed E-state index contributed by atoms with van der Waals surface area (Å²) in [6, 6.07) is 6.85. The van der Waals surface area contributed by atoms with E-state index in [2.05, 4.69) is 4.98 Å². The number of Topliss-reactive ketones (excluding diaryl/α,β-unsaturated/α-hetero) is 1. The Balaban J connectivity index is 2.27. The van der Waals surface area contributed by atoms with Crippen LogP contribution in [-0.2, 0) is 6.54 Å². The van der Waals surface area contributed by atoms with Crippen molar-refractivity contribution in [2.24, 2.45) is 0 Å². The second-order valence-corrected chi connectivity index (χ2v) is 4.27. The molecule has 0 atom stereocenters. The largest absolute Gasteiger partial charge is 0.348 e. The van der Waals surface area contributed by atoms with Gasteiger partial charge in [0.15, 0.2) is 5.78 Å². The van der Waals surface area contributed by atoms with Gasteiger partial charge in [0.05, 0.1) is 17.7 Å². The summed E-state index contributed by atoms with van der Waals surface area (Å²) in [6.45, 7) is 1.61. The number of carbonyl (C=O) groups excluding carboxylic acids is 1. The lowest BCUT2D eigenvalue weighted by molar-refractivity contribution is -0.385. The van der Waals surface area contributed by atoms with Crippen LogP contribution in [0.5, 0.6) is 0 Å². The lowest BCUT2D eigenvalue weighted by Gasteiger charge is -2.04. The second-order valence-electron chi connectivity index (χ2n) is 4.27. The number of carbonyl (C=O) groups is 1. The Kier molecular flexibility index (Phi) is 3.69. The van der Waals surface area contributed by atoms with Gasteiger partial charge in [0.2, 0.25) is 0 Å². The number of nitrogens with zero attached hydrogens (tertiary/aromatic N) is 3. The minimum Gasteiger partial charge on any atom is -0.292 e. The highest BCUT2D eigenvalue weighted by Crippen LogP contribution is 2.07. The molecule has 0 aliphatic heterocycles. The fourth-order valence-electron chi connectivity index (χ4n) is 1.64. The number of benzene rings is 1. The van der Waals surface area contributed by atoms with Gasteiger partial charge in [-0.15, -0.1) is 0 Å². The van der Waals surface area contributed by atoms with Crippen LogP contribution in [0.1, 0.15) is 15.9 Å². The monoisotopic (exact) mass is 273 g/mol. The lowest BCUT2D eigenvalue weighted by Crippen LogP contribution is -2.26. The van der Waals surface area contributed by atoms with E-state index < -0.39 is 10.6 Å². The first-order valence-corrected chi connectivity index (χ1v) is 5.78. The van der Waals surface area contributed by atoms with Crippen LogP contribution in [0, 0.1) is 17.0 Å². The van der Waals surface area contributed by atoms with Crippen molar-refractivity contribution in [2.45, 2.75) is 13.5 Å². The lowest BCUT2D eigenvalue weighted by atomic mass is 10.1. The number of aromatic nitrogens is 2. The molecule has 20 heavy (non-hydrogen) atoms. The first-order valence-electron chi connectivity index (χ1n) is 5.78. The van der Waals surface area contributed by atoms with Crippen LogP contribution in [0.2, 0.25) is 0 Å². The zero-order chi connectivity index (χ0) is 14.7. The molecule has 0 spiro atoms. The summed E-state index contributed by atoms with van der Waals surface area (Å²) < 4.78 is 0.931. The quantitative estimate of drug-likeness (QED) is 0.476. The molecule has 0 bridgehead atoms. The summed E-state index contributed by atoms with van der Waals surface area (Å²) in [5.74, 6) is -0.311. The Morgan fingerprint density at radius 1 is 1.35 bits per heavy atom. The molecule has 0 amide bonds. The number of ketones is 1. The van der Waals surface area contributed by atoms with Crippen molar-refractivity contribution in [3.05, 3.63) is 68.4 Å². The SMILES string of the molecule is Cc1ccc(C(=O)Cn2cc([N+](=O)[O-])cnc2=O)cc1. The van der Waals surface area contributed by atoms with Crippen molar-refractivity contribution < 1.29 is 9.72 Å². The highest BCUT2D eigenvalue weighted by molar-refractivity contribution is 5.95. The van der Waals surface area contributed by atoms with E-state index in [-0.39, 0.29) is 18.0 Å². The molecule has 7 heteroatoms. The highest BCUT2D eigenvalue weighted by atomic mass is 16.6. The van der Waals surface area contributed by atoms with E-state index >= 15 is 0 Å². The van der Waals surface area contributed by atoms with Gasteiger partial charge in [-0.25, -0.2) is 4.79 Å². The summed E-state index contributed by atoms with van der Waals surface area (Å²) in [4.78, 5) is 36.8. The van der Waals surface area contributed by atoms with Crippen molar-refractivity contribution in [3.63, 3.8) is 0 Å².